The van der Waals surface area contributed by atoms with Crippen molar-refractivity contribution in [3.8, 4) is 0 Å². The van der Waals surface area contributed by atoms with Crippen molar-refractivity contribution in [2.45, 2.75) is 57.2 Å². The van der Waals surface area contributed by atoms with Gasteiger partial charge in [0, 0.05) is 32.6 Å². The lowest BCUT2D eigenvalue weighted by molar-refractivity contribution is -0.120. The molecule has 196 valence electrons. The molecule has 1 unspecified atom stereocenters. The molecule has 1 aliphatic rings. The van der Waals surface area contributed by atoms with Gasteiger partial charge in [0.05, 0.1) is 24.8 Å². The molecular formula is C27H35F2N3O4. The van der Waals surface area contributed by atoms with E-state index in [2.05, 4.69) is 36.6 Å². The second-order valence-corrected chi connectivity index (χ2v) is 9.74. The molecule has 1 aliphatic heterocycles. The van der Waals surface area contributed by atoms with E-state index in [0.717, 1.165) is 17.2 Å². The summed E-state index contributed by atoms with van der Waals surface area (Å²) in [6.45, 7) is 6.41. The van der Waals surface area contributed by atoms with Gasteiger partial charge in [-0.25, -0.2) is 13.6 Å². The summed E-state index contributed by atoms with van der Waals surface area (Å²) in [4.78, 5) is 25.7. The molecule has 1 saturated heterocycles. The number of nitrogens with one attached hydrogen (secondary N) is 2. The van der Waals surface area contributed by atoms with Gasteiger partial charge in [0.1, 0.15) is 11.6 Å². The Kier molecular flexibility index (Phi) is 9.03. The van der Waals surface area contributed by atoms with Gasteiger partial charge in [-0.05, 0) is 47.6 Å². The quantitative estimate of drug-likeness (QED) is 0.488. The number of carbonyl (C=O) groups is 2. The molecule has 3 atom stereocenters. The zero-order valence-corrected chi connectivity index (χ0v) is 21.2. The summed E-state index contributed by atoms with van der Waals surface area (Å²) in [7, 11) is 1.34. The van der Waals surface area contributed by atoms with Crippen molar-refractivity contribution < 1.29 is 28.2 Å². The van der Waals surface area contributed by atoms with Gasteiger partial charge >= 0.3 is 6.09 Å². The monoisotopic (exact) mass is 503 g/mol. The summed E-state index contributed by atoms with van der Waals surface area (Å²) >= 11 is 0. The van der Waals surface area contributed by atoms with Gasteiger partial charge in [-0.1, -0.05) is 38.1 Å². The Morgan fingerprint density at radius 2 is 1.86 bits per heavy atom. The van der Waals surface area contributed by atoms with E-state index in [4.69, 9.17) is 4.74 Å². The number of halogens is 2. The third kappa shape index (κ3) is 6.79. The third-order valence-corrected chi connectivity index (χ3v) is 6.69. The highest BCUT2D eigenvalue weighted by molar-refractivity contribution is 5.73. The number of hydrogen-bond acceptors (Lipinski definition) is 5. The summed E-state index contributed by atoms with van der Waals surface area (Å²) in [6, 6.07) is 10.5. The average molecular weight is 504 g/mol. The van der Waals surface area contributed by atoms with Crippen LogP contribution in [-0.4, -0.2) is 60.9 Å². The molecule has 0 bridgehead atoms. The molecule has 0 saturated carbocycles. The smallest absolute Gasteiger partial charge is 0.409 e. The fourth-order valence-electron chi connectivity index (χ4n) is 4.74. The Bertz CT molecular complexity index is 1060. The van der Waals surface area contributed by atoms with Crippen molar-refractivity contribution >= 4 is 12.0 Å². The van der Waals surface area contributed by atoms with Gasteiger partial charge < -0.3 is 25.4 Å². The van der Waals surface area contributed by atoms with E-state index in [-0.39, 0.29) is 18.9 Å². The molecule has 7 nitrogen and oxygen atoms in total. The van der Waals surface area contributed by atoms with Crippen molar-refractivity contribution in [1.82, 2.24) is 15.5 Å². The molecule has 0 aromatic heterocycles. The Balaban J connectivity index is 1.84. The van der Waals surface area contributed by atoms with E-state index in [1.807, 2.05) is 12.1 Å². The predicted molar refractivity (Wildman–Crippen MR) is 132 cm³/mol. The number of ether oxygens (including phenoxy) is 1. The number of nitrogens with zero attached hydrogens (tertiary/aromatic N) is 1. The molecular weight excluding hydrogens is 468 g/mol. The number of methoxy groups -OCH3 is 1. The maximum atomic E-state index is 13.7. The minimum Gasteiger partial charge on any atom is -0.453 e. The molecule has 36 heavy (non-hydrogen) atoms. The van der Waals surface area contributed by atoms with Crippen LogP contribution in [0.5, 0.6) is 0 Å². The van der Waals surface area contributed by atoms with Crippen LogP contribution in [0.3, 0.4) is 0 Å². The van der Waals surface area contributed by atoms with Gasteiger partial charge in [0.25, 0.3) is 0 Å². The number of likely N-dealkylation sites (tertiary alicyclic amines) is 1. The van der Waals surface area contributed by atoms with Crippen LogP contribution in [0.25, 0.3) is 0 Å². The fraction of sp³-hybridized carbons (Fsp3) is 0.481. The predicted octanol–water partition coefficient (Wildman–Crippen LogP) is 3.45. The lowest BCUT2D eigenvalue weighted by atomic mass is 9.86. The van der Waals surface area contributed by atoms with E-state index in [1.54, 1.807) is 4.90 Å². The molecule has 9 heteroatoms. The Labute approximate surface area is 210 Å². The average Bonchev–Trinajstić information content (AvgIpc) is 3.26. The molecule has 0 aliphatic carbocycles. The number of aliphatic hydroxyl groups is 1. The van der Waals surface area contributed by atoms with Crippen molar-refractivity contribution in [2.24, 2.45) is 0 Å². The van der Waals surface area contributed by atoms with Crippen LogP contribution in [0.2, 0.25) is 0 Å². The molecule has 3 N–H and O–H groups in total. The van der Waals surface area contributed by atoms with Crippen LogP contribution < -0.4 is 10.6 Å². The first-order chi connectivity index (χ1) is 17.0. The molecule has 1 heterocycles. The fourth-order valence-corrected chi connectivity index (χ4v) is 4.74. The van der Waals surface area contributed by atoms with Gasteiger partial charge in [-0.2, -0.15) is 0 Å². The highest BCUT2D eigenvalue weighted by atomic mass is 19.1. The van der Waals surface area contributed by atoms with Crippen molar-refractivity contribution in [3.05, 3.63) is 70.8 Å². The van der Waals surface area contributed by atoms with Gasteiger partial charge in [-0.3, -0.25) is 4.79 Å². The Hall–Kier alpha value is -3.04. The van der Waals surface area contributed by atoms with Gasteiger partial charge in [0.15, 0.2) is 0 Å². The lowest BCUT2D eigenvalue weighted by Gasteiger charge is -2.34. The van der Waals surface area contributed by atoms with E-state index in [1.165, 1.54) is 26.2 Å². The highest BCUT2D eigenvalue weighted by Gasteiger charge is 2.42. The topological polar surface area (TPSA) is 90.9 Å². The van der Waals surface area contributed by atoms with E-state index < -0.39 is 35.4 Å². The van der Waals surface area contributed by atoms with E-state index >= 15 is 0 Å². The number of benzene rings is 2. The zero-order valence-electron chi connectivity index (χ0n) is 21.2. The van der Waals surface area contributed by atoms with Crippen molar-refractivity contribution in [2.75, 3.05) is 26.7 Å². The number of rotatable bonds is 9. The maximum Gasteiger partial charge on any atom is 0.409 e. The third-order valence-electron chi connectivity index (χ3n) is 6.69. The first-order valence-electron chi connectivity index (χ1n) is 12.1. The summed E-state index contributed by atoms with van der Waals surface area (Å²) in [5.41, 5.74) is 1.80. The normalized spacial score (nSPS) is 19.3. The molecule has 0 spiro atoms. The lowest BCUT2D eigenvalue weighted by Crippen LogP contribution is -2.53. The number of aliphatic hydroxyl groups excluding tert-OH is 1. The zero-order chi connectivity index (χ0) is 26.5. The Morgan fingerprint density at radius 3 is 2.47 bits per heavy atom. The first-order valence-corrected chi connectivity index (χ1v) is 12.1. The summed E-state index contributed by atoms with van der Waals surface area (Å²) in [6.07, 6.45) is -0.863. The van der Waals surface area contributed by atoms with Crippen molar-refractivity contribution in [1.29, 1.82) is 0 Å². The standard InChI is InChI=1S/C27H35F2N3O4/c1-17(2)20-6-5-7-21(13-20)27(8-9-32(16-27)26(35)36-4)30-15-25(34)24(31-18(3)33)12-19-10-22(28)14-23(29)11-19/h5-7,10-11,13-14,17,24-25,30,34H,8-9,12,15-16H2,1-4H3,(H,31,33)/t24-,25-,27?/m1/s1. The van der Waals surface area contributed by atoms with Crippen LogP contribution in [0.1, 0.15) is 49.8 Å². The molecule has 0 radical (unpaired) electrons. The largest absolute Gasteiger partial charge is 0.453 e. The summed E-state index contributed by atoms with van der Waals surface area (Å²) in [5.74, 6) is -1.51. The van der Waals surface area contributed by atoms with Crippen molar-refractivity contribution in [3.63, 3.8) is 0 Å². The second kappa shape index (κ2) is 11.8. The molecule has 3 rings (SSSR count). The maximum absolute atomic E-state index is 13.7. The van der Waals surface area contributed by atoms with E-state index in [0.29, 0.717) is 31.0 Å². The van der Waals surface area contributed by atoms with Crippen LogP contribution in [0.15, 0.2) is 42.5 Å². The highest BCUT2D eigenvalue weighted by Crippen LogP contribution is 2.34. The summed E-state index contributed by atoms with van der Waals surface area (Å²) < 4.78 is 32.3. The number of carbonyl (C=O) groups excluding carboxylic acids is 2. The minimum absolute atomic E-state index is 0.0429. The van der Waals surface area contributed by atoms with E-state index in [9.17, 15) is 23.5 Å². The molecule has 2 aromatic carbocycles. The first kappa shape index (κ1) is 27.5. The molecule has 2 aromatic rings. The SMILES string of the molecule is COC(=O)N1CCC(NC[C@@H](O)[C@@H](Cc2cc(F)cc(F)c2)NC(C)=O)(c2cccc(C(C)C)c2)C1. The second-order valence-electron chi connectivity index (χ2n) is 9.74. The van der Waals surface area contributed by atoms with Crippen LogP contribution >= 0.6 is 0 Å². The summed E-state index contributed by atoms with van der Waals surface area (Å²) in [5, 5.41) is 17.2. The number of amides is 2. The Morgan fingerprint density at radius 1 is 1.17 bits per heavy atom. The molecule has 1 fully saturated rings. The van der Waals surface area contributed by atoms with Gasteiger partial charge in [0.2, 0.25) is 5.91 Å². The van der Waals surface area contributed by atoms with Gasteiger partial charge in [-0.15, -0.1) is 0 Å². The number of hydrogen-bond donors (Lipinski definition) is 3. The minimum atomic E-state index is -1.07. The van der Waals surface area contributed by atoms with Crippen LogP contribution in [0.4, 0.5) is 13.6 Å². The van der Waals surface area contributed by atoms with Crippen LogP contribution in [0, 0.1) is 11.6 Å². The van der Waals surface area contributed by atoms with Crippen LogP contribution in [-0.2, 0) is 21.5 Å². The molecule has 2 amide bonds.